The van der Waals surface area contributed by atoms with Gasteiger partial charge in [0.25, 0.3) is 0 Å². The molecule has 0 radical (unpaired) electrons. The Morgan fingerprint density at radius 3 is 2.30 bits per heavy atom. The number of carbonyl (C=O) groups is 2. The monoisotopic (exact) mass is 283 g/mol. The minimum atomic E-state index is -0.199. The Bertz CT molecular complexity index is 318. The summed E-state index contributed by atoms with van der Waals surface area (Å²) in [5, 5.41) is 8.96. The lowest BCUT2D eigenvalue weighted by molar-refractivity contribution is -0.123. The summed E-state index contributed by atoms with van der Waals surface area (Å²) >= 11 is 0. The van der Waals surface area contributed by atoms with Gasteiger partial charge >= 0.3 is 0 Å². The van der Waals surface area contributed by atoms with E-state index in [9.17, 15) is 9.59 Å². The molecule has 2 amide bonds. The highest BCUT2D eigenvalue weighted by Crippen LogP contribution is 2.16. The van der Waals surface area contributed by atoms with Gasteiger partial charge in [-0.25, -0.2) is 0 Å². The molecular formula is C15H29N3O2. The van der Waals surface area contributed by atoms with E-state index in [1.54, 1.807) is 0 Å². The normalized spacial score (nSPS) is 16.8. The first-order valence-electron chi connectivity index (χ1n) is 7.68. The van der Waals surface area contributed by atoms with Crippen molar-refractivity contribution in [2.45, 2.75) is 70.9 Å². The molecule has 0 atom stereocenters. The molecule has 0 heterocycles. The molecule has 0 aromatic carbocycles. The summed E-state index contributed by atoms with van der Waals surface area (Å²) in [6, 6.07) is 0.349. The van der Waals surface area contributed by atoms with E-state index in [1.807, 2.05) is 20.8 Å². The van der Waals surface area contributed by atoms with E-state index >= 15 is 0 Å². The molecule has 20 heavy (non-hydrogen) atoms. The van der Waals surface area contributed by atoms with Gasteiger partial charge in [-0.15, -0.1) is 0 Å². The van der Waals surface area contributed by atoms with Crippen LogP contribution in [-0.2, 0) is 9.59 Å². The Morgan fingerprint density at radius 1 is 1.05 bits per heavy atom. The molecule has 0 spiro atoms. The van der Waals surface area contributed by atoms with Gasteiger partial charge in [-0.3, -0.25) is 9.59 Å². The zero-order chi connectivity index (χ0) is 15.0. The summed E-state index contributed by atoms with van der Waals surface area (Å²) in [4.78, 5) is 23.3. The second-order valence-corrected chi connectivity index (χ2v) is 6.63. The van der Waals surface area contributed by atoms with Crippen LogP contribution in [0.15, 0.2) is 0 Å². The standard InChI is InChI=1S/C15H29N3O2/c1-15(2,3)18-13(19)9-10-16-11-14(20)17-12-7-5-4-6-8-12/h12,16H,4-11H2,1-3H3,(H,17,20)(H,18,19). The molecule has 1 rings (SSSR count). The second-order valence-electron chi connectivity index (χ2n) is 6.63. The van der Waals surface area contributed by atoms with Crippen LogP contribution in [0.2, 0.25) is 0 Å². The Hall–Kier alpha value is -1.10. The van der Waals surface area contributed by atoms with E-state index in [-0.39, 0.29) is 17.4 Å². The van der Waals surface area contributed by atoms with Crippen molar-refractivity contribution in [3.05, 3.63) is 0 Å². The molecule has 0 saturated heterocycles. The Kier molecular flexibility index (Phi) is 6.99. The van der Waals surface area contributed by atoms with Crippen LogP contribution in [0.1, 0.15) is 59.3 Å². The van der Waals surface area contributed by atoms with Crippen molar-refractivity contribution >= 4 is 11.8 Å². The maximum absolute atomic E-state index is 11.7. The maximum Gasteiger partial charge on any atom is 0.234 e. The number of amides is 2. The topological polar surface area (TPSA) is 70.2 Å². The summed E-state index contributed by atoms with van der Waals surface area (Å²) in [5.74, 6) is 0.0471. The third-order valence-corrected chi connectivity index (χ3v) is 3.30. The van der Waals surface area contributed by atoms with Crippen molar-refractivity contribution in [3.63, 3.8) is 0 Å². The van der Waals surface area contributed by atoms with Gasteiger partial charge in [0.1, 0.15) is 0 Å². The second kappa shape index (κ2) is 8.25. The van der Waals surface area contributed by atoms with Gasteiger partial charge in [0, 0.05) is 24.5 Å². The molecule has 0 unspecified atom stereocenters. The fourth-order valence-electron chi connectivity index (χ4n) is 2.41. The van der Waals surface area contributed by atoms with Gasteiger partial charge in [-0.1, -0.05) is 19.3 Å². The molecule has 0 aromatic heterocycles. The summed E-state index contributed by atoms with van der Waals surface area (Å²) < 4.78 is 0. The van der Waals surface area contributed by atoms with Gasteiger partial charge in [0.2, 0.25) is 11.8 Å². The molecule has 0 aromatic rings. The largest absolute Gasteiger partial charge is 0.352 e. The molecule has 5 heteroatoms. The van der Waals surface area contributed by atoms with E-state index in [1.165, 1.54) is 19.3 Å². The highest BCUT2D eigenvalue weighted by atomic mass is 16.2. The first kappa shape index (κ1) is 17.0. The lowest BCUT2D eigenvalue weighted by atomic mass is 9.95. The minimum Gasteiger partial charge on any atom is -0.352 e. The summed E-state index contributed by atoms with van der Waals surface area (Å²) in [6.07, 6.45) is 6.30. The Labute approximate surface area is 122 Å². The van der Waals surface area contributed by atoms with Gasteiger partial charge in [0.15, 0.2) is 0 Å². The van der Waals surface area contributed by atoms with E-state index in [4.69, 9.17) is 0 Å². The van der Waals surface area contributed by atoms with Crippen molar-refractivity contribution in [3.8, 4) is 0 Å². The van der Waals surface area contributed by atoms with Crippen molar-refractivity contribution < 1.29 is 9.59 Å². The van der Waals surface area contributed by atoms with Crippen LogP contribution in [0.5, 0.6) is 0 Å². The number of hydrogen-bond acceptors (Lipinski definition) is 3. The van der Waals surface area contributed by atoms with Gasteiger partial charge in [0.05, 0.1) is 6.54 Å². The van der Waals surface area contributed by atoms with Crippen LogP contribution >= 0.6 is 0 Å². The Balaban J connectivity index is 2.05. The third kappa shape index (κ3) is 8.15. The number of hydrogen-bond donors (Lipinski definition) is 3. The van der Waals surface area contributed by atoms with Crippen LogP contribution in [0.3, 0.4) is 0 Å². The lowest BCUT2D eigenvalue weighted by Crippen LogP contribution is -2.43. The zero-order valence-corrected chi connectivity index (χ0v) is 13.1. The first-order valence-corrected chi connectivity index (χ1v) is 7.68. The summed E-state index contributed by atoms with van der Waals surface area (Å²) in [5.41, 5.74) is -0.199. The predicted molar refractivity (Wildman–Crippen MR) is 80.4 cm³/mol. The maximum atomic E-state index is 11.7. The van der Waals surface area contributed by atoms with Gasteiger partial charge < -0.3 is 16.0 Å². The number of nitrogens with one attached hydrogen (secondary N) is 3. The van der Waals surface area contributed by atoms with Crippen LogP contribution < -0.4 is 16.0 Å². The molecule has 1 fully saturated rings. The molecule has 3 N–H and O–H groups in total. The van der Waals surface area contributed by atoms with Crippen molar-refractivity contribution in [1.82, 2.24) is 16.0 Å². The average Bonchev–Trinajstić information content (AvgIpc) is 2.34. The highest BCUT2D eigenvalue weighted by molar-refractivity contribution is 5.79. The molecule has 1 saturated carbocycles. The third-order valence-electron chi connectivity index (χ3n) is 3.30. The minimum absolute atomic E-state index is 0.0117. The number of carbonyl (C=O) groups excluding carboxylic acids is 2. The van der Waals surface area contributed by atoms with Crippen LogP contribution in [-0.4, -0.2) is 36.5 Å². The van der Waals surface area contributed by atoms with Crippen LogP contribution in [0.25, 0.3) is 0 Å². The van der Waals surface area contributed by atoms with E-state index in [0.717, 1.165) is 12.8 Å². The molecule has 0 aliphatic heterocycles. The summed E-state index contributed by atoms with van der Waals surface area (Å²) in [7, 11) is 0. The summed E-state index contributed by atoms with van der Waals surface area (Å²) in [6.45, 7) is 6.68. The molecule has 1 aliphatic rings. The smallest absolute Gasteiger partial charge is 0.234 e. The van der Waals surface area contributed by atoms with E-state index in [0.29, 0.717) is 25.6 Å². The fourth-order valence-corrected chi connectivity index (χ4v) is 2.41. The number of rotatable bonds is 6. The molecule has 5 nitrogen and oxygen atoms in total. The Morgan fingerprint density at radius 2 is 1.70 bits per heavy atom. The first-order chi connectivity index (χ1) is 9.37. The molecule has 1 aliphatic carbocycles. The zero-order valence-electron chi connectivity index (χ0n) is 13.1. The molecule has 0 bridgehead atoms. The van der Waals surface area contributed by atoms with Gasteiger partial charge in [-0.05, 0) is 33.6 Å². The van der Waals surface area contributed by atoms with E-state index < -0.39 is 0 Å². The molecule has 116 valence electrons. The van der Waals surface area contributed by atoms with Crippen LogP contribution in [0, 0.1) is 0 Å². The quantitative estimate of drug-likeness (QED) is 0.644. The van der Waals surface area contributed by atoms with Crippen LogP contribution in [0.4, 0.5) is 0 Å². The predicted octanol–water partition coefficient (Wildman–Crippen LogP) is 1.33. The lowest BCUT2D eigenvalue weighted by Gasteiger charge is -2.23. The SMILES string of the molecule is CC(C)(C)NC(=O)CCNCC(=O)NC1CCCCC1. The van der Waals surface area contributed by atoms with Crippen molar-refractivity contribution in [2.75, 3.05) is 13.1 Å². The average molecular weight is 283 g/mol. The van der Waals surface area contributed by atoms with E-state index in [2.05, 4.69) is 16.0 Å². The van der Waals surface area contributed by atoms with Gasteiger partial charge in [-0.2, -0.15) is 0 Å². The van der Waals surface area contributed by atoms with Crippen molar-refractivity contribution in [2.24, 2.45) is 0 Å². The fraction of sp³-hybridized carbons (Fsp3) is 0.867. The highest BCUT2D eigenvalue weighted by Gasteiger charge is 2.16. The molecular weight excluding hydrogens is 254 g/mol. The van der Waals surface area contributed by atoms with Crippen molar-refractivity contribution in [1.29, 1.82) is 0 Å².